The smallest absolute Gasteiger partial charge is 0.410 e. The quantitative estimate of drug-likeness (QED) is 0.350. The summed E-state index contributed by atoms with van der Waals surface area (Å²) in [6.45, 7) is 4.25. The van der Waals surface area contributed by atoms with Crippen molar-refractivity contribution in [2.45, 2.75) is 16.6 Å². The molecule has 1 amide bonds. The standard InChI is InChI=1S/C14H16Cl3N3O3/c1-2-7-23-13(22)20-5-3-9(4-6-20)11(21)10(8-18)12(19)14(15,16)17/h2,9H,1,3-7,19H2/b12-10-. The average Bonchev–Trinajstić information content (AvgIpc) is 2.52. The Labute approximate surface area is 149 Å². The van der Waals surface area contributed by atoms with Crippen LogP contribution in [0.1, 0.15) is 12.8 Å². The van der Waals surface area contributed by atoms with Crippen LogP contribution in [0.4, 0.5) is 4.79 Å². The third kappa shape index (κ3) is 5.31. The van der Waals surface area contributed by atoms with Crippen molar-refractivity contribution in [1.82, 2.24) is 4.90 Å². The Kier molecular flexibility index (Phi) is 7.20. The molecule has 0 unspecified atom stereocenters. The SMILES string of the molecule is C=CCOC(=O)N1CCC(C(=O)/C(C#N)=C(\N)C(Cl)(Cl)Cl)CC1. The highest BCUT2D eigenvalue weighted by molar-refractivity contribution is 6.69. The third-order valence-corrected chi connectivity index (χ3v) is 3.99. The Balaban J connectivity index is 2.73. The number of likely N-dealkylation sites (tertiary alicyclic amines) is 1. The Bertz CT molecular complexity index is 556. The van der Waals surface area contributed by atoms with Crippen LogP contribution >= 0.6 is 34.8 Å². The summed E-state index contributed by atoms with van der Waals surface area (Å²) in [5.41, 5.74) is 4.85. The number of hydrogen-bond acceptors (Lipinski definition) is 5. The molecule has 0 aromatic heterocycles. The number of carbonyl (C=O) groups excluding carboxylic acids is 2. The van der Waals surface area contributed by atoms with Crippen molar-refractivity contribution < 1.29 is 14.3 Å². The lowest BCUT2D eigenvalue weighted by Gasteiger charge is -2.30. The summed E-state index contributed by atoms with van der Waals surface area (Å²) in [5.74, 6) is -0.936. The second-order valence-electron chi connectivity index (χ2n) is 4.89. The molecule has 0 radical (unpaired) electrons. The van der Waals surface area contributed by atoms with Crippen LogP contribution in [-0.4, -0.2) is 40.3 Å². The lowest BCUT2D eigenvalue weighted by molar-refractivity contribution is -0.120. The maximum atomic E-state index is 12.4. The number of nitriles is 1. The number of alkyl halides is 3. The van der Waals surface area contributed by atoms with Crippen LogP contribution < -0.4 is 5.73 Å². The maximum Gasteiger partial charge on any atom is 0.410 e. The molecule has 0 atom stereocenters. The molecular formula is C14H16Cl3N3O3. The van der Waals surface area contributed by atoms with Gasteiger partial charge in [-0.25, -0.2) is 4.79 Å². The molecule has 1 aliphatic rings. The first-order valence-corrected chi connectivity index (χ1v) is 7.89. The van der Waals surface area contributed by atoms with E-state index in [1.165, 1.54) is 11.0 Å². The van der Waals surface area contributed by atoms with Crippen LogP contribution in [-0.2, 0) is 9.53 Å². The van der Waals surface area contributed by atoms with Crippen LogP contribution in [0.3, 0.4) is 0 Å². The second kappa shape index (κ2) is 8.44. The number of rotatable bonds is 4. The Morgan fingerprint density at radius 1 is 1.39 bits per heavy atom. The Morgan fingerprint density at radius 3 is 2.39 bits per heavy atom. The minimum Gasteiger partial charge on any atom is -0.445 e. The van der Waals surface area contributed by atoms with Gasteiger partial charge in [0.2, 0.25) is 3.79 Å². The Morgan fingerprint density at radius 2 is 1.96 bits per heavy atom. The van der Waals surface area contributed by atoms with E-state index in [1.807, 2.05) is 0 Å². The summed E-state index contributed by atoms with van der Waals surface area (Å²) in [5, 5.41) is 9.12. The van der Waals surface area contributed by atoms with E-state index in [-0.39, 0.29) is 17.9 Å². The number of nitrogens with two attached hydrogens (primary N) is 1. The van der Waals surface area contributed by atoms with E-state index in [9.17, 15) is 9.59 Å². The number of Topliss-reactive ketones (excluding diaryl/α,β-unsaturated/α-hetero) is 1. The van der Waals surface area contributed by atoms with Crippen molar-refractivity contribution in [3.8, 4) is 6.07 Å². The number of carbonyl (C=O) groups is 2. The first kappa shape index (κ1) is 19.6. The summed E-state index contributed by atoms with van der Waals surface area (Å²) < 4.78 is 2.91. The number of nitrogens with zero attached hydrogens (tertiary/aromatic N) is 2. The molecule has 126 valence electrons. The third-order valence-electron chi connectivity index (χ3n) is 3.38. The van der Waals surface area contributed by atoms with E-state index in [4.69, 9.17) is 50.5 Å². The van der Waals surface area contributed by atoms with Gasteiger partial charge in [0.1, 0.15) is 18.2 Å². The summed E-state index contributed by atoms with van der Waals surface area (Å²) in [6.07, 6.45) is 1.76. The van der Waals surface area contributed by atoms with E-state index in [2.05, 4.69) is 6.58 Å². The number of amides is 1. The summed E-state index contributed by atoms with van der Waals surface area (Å²) >= 11 is 16.9. The van der Waals surface area contributed by atoms with E-state index < -0.39 is 21.6 Å². The molecule has 1 rings (SSSR count). The number of hydrogen-bond donors (Lipinski definition) is 1. The van der Waals surface area contributed by atoms with Crippen molar-refractivity contribution in [2.75, 3.05) is 19.7 Å². The minimum atomic E-state index is -2.02. The van der Waals surface area contributed by atoms with Gasteiger partial charge in [-0.2, -0.15) is 5.26 Å². The maximum absolute atomic E-state index is 12.4. The molecule has 2 N–H and O–H groups in total. The fourth-order valence-corrected chi connectivity index (χ4v) is 2.42. The number of ether oxygens (including phenoxy) is 1. The van der Waals surface area contributed by atoms with Crippen molar-refractivity contribution in [3.05, 3.63) is 23.9 Å². The zero-order valence-electron chi connectivity index (χ0n) is 12.2. The van der Waals surface area contributed by atoms with Gasteiger partial charge in [0.25, 0.3) is 0 Å². The van der Waals surface area contributed by atoms with Crippen LogP contribution in [0.2, 0.25) is 0 Å². The molecule has 6 nitrogen and oxygen atoms in total. The van der Waals surface area contributed by atoms with Gasteiger partial charge in [-0.05, 0) is 12.8 Å². The highest BCUT2D eigenvalue weighted by Crippen LogP contribution is 2.34. The fraction of sp³-hybridized carbons (Fsp3) is 0.500. The van der Waals surface area contributed by atoms with Crippen LogP contribution in [0.15, 0.2) is 23.9 Å². The van der Waals surface area contributed by atoms with Crippen LogP contribution in [0.25, 0.3) is 0 Å². The summed E-state index contributed by atoms with van der Waals surface area (Å²) in [7, 11) is 0. The molecule has 1 fully saturated rings. The normalized spacial score (nSPS) is 17.0. The molecule has 0 bridgehead atoms. The molecular weight excluding hydrogens is 365 g/mol. The van der Waals surface area contributed by atoms with Gasteiger partial charge in [-0.15, -0.1) is 0 Å². The number of ketones is 1. The highest BCUT2D eigenvalue weighted by atomic mass is 35.6. The monoisotopic (exact) mass is 379 g/mol. The zero-order chi connectivity index (χ0) is 17.6. The van der Waals surface area contributed by atoms with Gasteiger partial charge in [-0.3, -0.25) is 4.79 Å². The topological polar surface area (TPSA) is 96.4 Å². The van der Waals surface area contributed by atoms with E-state index in [0.717, 1.165) is 0 Å². The molecule has 9 heteroatoms. The first-order valence-electron chi connectivity index (χ1n) is 6.76. The summed E-state index contributed by atoms with van der Waals surface area (Å²) in [6, 6.07) is 1.70. The number of allylic oxidation sites excluding steroid dienone is 2. The average molecular weight is 381 g/mol. The lowest BCUT2D eigenvalue weighted by atomic mass is 9.88. The van der Waals surface area contributed by atoms with Gasteiger partial charge >= 0.3 is 6.09 Å². The van der Waals surface area contributed by atoms with E-state index in [0.29, 0.717) is 25.9 Å². The van der Waals surface area contributed by atoms with Crippen molar-refractivity contribution in [1.29, 1.82) is 5.26 Å². The molecule has 0 aromatic rings. The highest BCUT2D eigenvalue weighted by Gasteiger charge is 2.34. The van der Waals surface area contributed by atoms with Crippen molar-refractivity contribution in [2.24, 2.45) is 11.7 Å². The predicted octanol–water partition coefficient (Wildman–Crippen LogP) is 2.70. The molecule has 1 aliphatic heterocycles. The molecule has 0 aliphatic carbocycles. The van der Waals surface area contributed by atoms with E-state index in [1.54, 1.807) is 6.07 Å². The van der Waals surface area contributed by atoms with Crippen molar-refractivity contribution >= 4 is 46.7 Å². The first-order chi connectivity index (χ1) is 10.7. The molecule has 1 heterocycles. The Hall–Kier alpha value is -1.42. The fourth-order valence-electron chi connectivity index (χ4n) is 2.14. The number of halogens is 3. The van der Waals surface area contributed by atoms with Crippen LogP contribution in [0.5, 0.6) is 0 Å². The van der Waals surface area contributed by atoms with Gasteiger partial charge in [-0.1, -0.05) is 47.5 Å². The van der Waals surface area contributed by atoms with Gasteiger partial charge < -0.3 is 15.4 Å². The minimum absolute atomic E-state index is 0.124. The van der Waals surface area contributed by atoms with Gasteiger partial charge in [0.05, 0.1) is 5.70 Å². The molecule has 1 saturated heterocycles. The molecule has 0 aromatic carbocycles. The van der Waals surface area contributed by atoms with Gasteiger partial charge in [0, 0.05) is 19.0 Å². The summed E-state index contributed by atoms with van der Waals surface area (Å²) in [4.78, 5) is 25.6. The van der Waals surface area contributed by atoms with Crippen LogP contribution in [0, 0.1) is 17.2 Å². The zero-order valence-corrected chi connectivity index (χ0v) is 14.5. The second-order valence-corrected chi connectivity index (χ2v) is 7.17. The molecule has 23 heavy (non-hydrogen) atoms. The lowest BCUT2D eigenvalue weighted by Crippen LogP contribution is -2.41. The van der Waals surface area contributed by atoms with Crippen molar-refractivity contribution in [3.63, 3.8) is 0 Å². The predicted molar refractivity (Wildman–Crippen MR) is 88.0 cm³/mol. The van der Waals surface area contributed by atoms with E-state index >= 15 is 0 Å². The number of piperidine rings is 1. The van der Waals surface area contributed by atoms with Gasteiger partial charge in [0.15, 0.2) is 5.78 Å². The molecule has 0 saturated carbocycles. The molecule has 0 spiro atoms. The largest absolute Gasteiger partial charge is 0.445 e.